The van der Waals surface area contributed by atoms with Gasteiger partial charge < -0.3 is 9.64 Å². The van der Waals surface area contributed by atoms with Crippen LogP contribution in [0.5, 0.6) is 0 Å². The Morgan fingerprint density at radius 3 is 2.94 bits per heavy atom. The molecule has 0 aliphatic carbocycles. The van der Waals surface area contributed by atoms with Gasteiger partial charge in [-0.05, 0) is 25.0 Å². The van der Waals surface area contributed by atoms with Crippen LogP contribution in [0.3, 0.4) is 0 Å². The third-order valence-corrected chi connectivity index (χ3v) is 3.73. The van der Waals surface area contributed by atoms with E-state index in [1.54, 1.807) is 6.07 Å². The zero-order valence-corrected chi connectivity index (χ0v) is 11.6. The van der Waals surface area contributed by atoms with Crippen LogP contribution in [0.1, 0.15) is 25.8 Å². The molecular weight excluding hydrogens is 253 g/mol. The highest BCUT2D eigenvalue weighted by Gasteiger charge is 2.28. The average molecular weight is 272 g/mol. The van der Waals surface area contributed by atoms with Crippen molar-refractivity contribution >= 4 is 17.3 Å². The number of hydrogen-bond donors (Lipinski definition) is 0. The maximum atomic E-state index is 14.1. The molecule has 100 valence electrons. The van der Waals surface area contributed by atoms with Gasteiger partial charge in [0.15, 0.2) is 0 Å². The highest BCUT2D eigenvalue weighted by molar-refractivity contribution is 6.17. The molecule has 1 aromatic rings. The normalized spacial score (nSPS) is 24.3. The van der Waals surface area contributed by atoms with Gasteiger partial charge >= 0.3 is 0 Å². The predicted molar refractivity (Wildman–Crippen MR) is 72.8 cm³/mol. The number of rotatable bonds is 3. The fourth-order valence-corrected chi connectivity index (χ4v) is 2.66. The Balaban J connectivity index is 2.38. The van der Waals surface area contributed by atoms with E-state index in [9.17, 15) is 4.39 Å². The molecular formula is C14H19ClFNO. The Morgan fingerprint density at radius 1 is 1.50 bits per heavy atom. The monoisotopic (exact) mass is 271 g/mol. The van der Waals surface area contributed by atoms with E-state index >= 15 is 0 Å². The molecule has 0 spiro atoms. The molecule has 1 aliphatic rings. The maximum Gasteiger partial charge on any atom is 0.146 e. The lowest BCUT2D eigenvalue weighted by Gasteiger charge is -2.40. The van der Waals surface area contributed by atoms with Gasteiger partial charge in [0.25, 0.3) is 0 Å². The van der Waals surface area contributed by atoms with Gasteiger partial charge in [0.1, 0.15) is 5.82 Å². The van der Waals surface area contributed by atoms with Crippen LogP contribution in [0.25, 0.3) is 0 Å². The first-order valence-electron chi connectivity index (χ1n) is 6.39. The van der Waals surface area contributed by atoms with E-state index in [2.05, 4.69) is 11.8 Å². The number of halogens is 2. The summed E-state index contributed by atoms with van der Waals surface area (Å²) in [5.41, 5.74) is 1.50. The first kappa shape index (κ1) is 13.6. The molecule has 2 atom stereocenters. The summed E-state index contributed by atoms with van der Waals surface area (Å²) in [6.45, 7) is 5.47. The minimum atomic E-state index is -0.194. The molecule has 1 fully saturated rings. The SMILES string of the molecule is CCC1COC(C)CN1c1c(F)cccc1CCl. The van der Waals surface area contributed by atoms with Gasteiger partial charge in [0.05, 0.1) is 24.4 Å². The largest absolute Gasteiger partial charge is 0.375 e. The van der Waals surface area contributed by atoms with Crippen LogP contribution in [-0.2, 0) is 10.6 Å². The van der Waals surface area contributed by atoms with E-state index in [0.29, 0.717) is 24.7 Å². The van der Waals surface area contributed by atoms with Crippen LogP contribution in [-0.4, -0.2) is 25.3 Å². The summed E-state index contributed by atoms with van der Waals surface area (Å²) >= 11 is 5.93. The Hall–Kier alpha value is -0.800. The van der Waals surface area contributed by atoms with Crippen molar-refractivity contribution in [2.24, 2.45) is 0 Å². The second kappa shape index (κ2) is 5.89. The number of hydrogen-bond acceptors (Lipinski definition) is 2. The summed E-state index contributed by atoms with van der Waals surface area (Å²) in [4.78, 5) is 2.11. The fourth-order valence-electron chi connectivity index (χ4n) is 2.45. The lowest BCUT2D eigenvalue weighted by atomic mass is 10.1. The second-order valence-electron chi connectivity index (χ2n) is 4.74. The zero-order valence-electron chi connectivity index (χ0n) is 10.8. The summed E-state index contributed by atoms with van der Waals surface area (Å²) in [6.07, 6.45) is 1.05. The number of nitrogens with zero attached hydrogens (tertiary/aromatic N) is 1. The van der Waals surface area contributed by atoms with E-state index in [4.69, 9.17) is 16.3 Å². The van der Waals surface area contributed by atoms with Crippen LogP contribution < -0.4 is 4.90 Å². The first-order chi connectivity index (χ1) is 8.67. The third kappa shape index (κ3) is 2.62. The standard InChI is InChI=1S/C14H19ClFNO/c1-3-12-9-18-10(2)8-17(12)14-11(7-15)5-4-6-13(14)16/h4-6,10,12H,3,7-9H2,1-2H3. The highest BCUT2D eigenvalue weighted by Crippen LogP contribution is 2.30. The molecule has 18 heavy (non-hydrogen) atoms. The molecule has 0 aromatic heterocycles. The number of anilines is 1. The predicted octanol–water partition coefficient (Wildman–Crippen LogP) is 3.57. The van der Waals surface area contributed by atoms with Crippen LogP contribution in [0.2, 0.25) is 0 Å². The zero-order chi connectivity index (χ0) is 13.1. The van der Waals surface area contributed by atoms with Crippen LogP contribution in [0.15, 0.2) is 18.2 Å². The Morgan fingerprint density at radius 2 is 2.28 bits per heavy atom. The molecule has 0 radical (unpaired) electrons. The molecule has 2 nitrogen and oxygen atoms in total. The lowest BCUT2D eigenvalue weighted by molar-refractivity contribution is 0.0296. The Bertz CT molecular complexity index is 413. The number of para-hydroxylation sites is 1. The minimum Gasteiger partial charge on any atom is -0.375 e. The van der Waals surface area contributed by atoms with Crippen LogP contribution in [0, 0.1) is 5.82 Å². The Labute approximate surface area is 113 Å². The van der Waals surface area contributed by atoms with Crippen LogP contribution in [0.4, 0.5) is 10.1 Å². The maximum absolute atomic E-state index is 14.1. The van der Waals surface area contributed by atoms with Gasteiger partial charge in [0, 0.05) is 12.4 Å². The van der Waals surface area contributed by atoms with Crippen molar-refractivity contribution in [2.45, 2.75) is 38.3 Å². The van der Waals surface area contributed by atoms with Gasteiger partial charge in [-0.2, -0.15) is 0 Å². The molecule has 1 aliphatic heterocycles. The Kier molecular flexibility index (Phi) is 4.46. The third-order valence-electron chi connectivity index (χ3n) is 3.44. The van der Waals surface area contributed by atoms with Gasteiger partial charge in [-0.25, -0.2) is 4.39 Å². The van der Waals surface area contributed by atoms with Crippen molar-refractivity contribution in [1.29, 1.82) is 0 Å². The first-order valence-corrected chi connectivity index (χ1v) is 6.92. The van der Waals surface area contributed by atoms with Crippen molar-refractivity contribution < 1.29 is 9.13 Å². The number of morpholine rings is 1. The molecule has 0 N–H and O–H groups in total. The van der Waals surface area contributed by atoms with Crippen LogP contribution >= 0.6 is 11.6 Å². The summed E-state index contributed by atoms with van der Waals surface area (Å²) < 4.78 is 19.8. The van der Waals surface area contributed by atoms with Crippen molar-refractivity contribution in [3.05, 3.63) is 29.6 Å². The van der Waals surface area contributed by atoms with E-state index < -0.39 is 0 Å². The topological polar surface area (TPSA) is 12.5 Å². The number of ether oxygens (including phenoxy) is 1. The van der Waals surface area contributed by atoms with Crippen molar-refractivity contribution in [1.82, 2.24) is 0 Å². The van der Waals surface area contributed by atoms with Gasteiger partial charge in [-0.1, -0.05) is 19.1 Å². The van der Waals surface area contributed by atoms with E-state index in [-0.39, 0.29) is 18.0 Å². The summed E-state index contributed by atoms with van der Waals surface area (Å²) in [7, 11) is 0. The smallest absolute Gasteiger partial charge is 0.146 e. The van der Waals surface area contributed by atoms with E-state index in [1.165, 1.54) is 6.07 Å². The highest BCUT2D eigenvalue weighted by atomic mass is 35.5. The van der Waals surface area contributed by atoms with E-state index in [1.807, 2.05) is 13.0 Å². The molecule has 1 saturated heterocycles. The molecule has 1 aromatic carbocycles. The molecule has 2 unspecified atom stereocenters. The van der Waals surface area contributed by atoms with Crippen molar-refractivity contribution in [3.63, 3.8) is 0 Å². The van der Waals surface area contributed by atoms with Gasteiger partial charge in [-0.3, -0.25) is 0 Å². The minimum absolute atomic E-state index is 0.121. The fraction of sp³-hybridized carbons (Fsp3) is 0.571. The van der Waals surface area contributed by atoms with Crippen molar-refractivity contribution in [3.8, 4) is 0 Å². The quantitative estimate of drug-likeness (QED) is 0.780. The van der Waals surface area contributed by atoms with Gasteiger partial charge in [0.2, 0.25) is 0 Å². The summed E-state index contributed by atoms with van der Waals surface area (Å²) in [5.74, 6) is 0.135. The number of benzene rings is 1. The van der Waals surface area contributed by atoms with E-state index in [0.717, 1.165) is 12.0 Å². The average Bonchev–Trinajstić information content (AvgIpc) is 2.38. The molecule has 0 saturated carbocycles. The molecule has 2 rings (SSSR count). The van der Waals surface area contributed by atoms with Crippen molar-refractivity contribution in [2.75, 3.05) is 18.1 Å². The number of alkyl halides is 1. The molecule has 1 heterocycles. The molecule has 0 amide bonds. The molecule has 4 heteroatoms. The summed E-state index contributed by atoms with van der Waals surface area (Å²) in [6, 6.07) is 5.32. The van der Waals surface area contributed by atoms with Gasteiger partial charge in [-0.15, -0.1) is 11.6 Å². The molecule has 0 bridgehead atoms. The lowest BCUT2D eigenvalue weighted by Crippen LogP contribution is -2.49. The second-order valence-corrected chi connectivity index (χ2v) is 5.01. The summed E-state index contributed by atoms with van der Waals surface area (Å²) in [5, 5.41) is 0.